The maximum absolute atomic E-state index is 9.54. The number of aliphatic hydroxyl groups excluding tert-OH is 1. The maximum atomic E-state index is 9.54. The van der Waals surface area contributed by atoms with Gasteiger partial charge < -0.3 is 10.4 Å². The standard InChI is InChI=1S/C16H18ClNO/c1-12(14-8-5-9-15(17)10-14)18-16(11-19)13-6-3-2-4-7-13/h2-10,12,16,18-19H,11H2,1H3/t12?,16-/m0/s1. The predicted molar refractivity (Wildman–Crippen MR) is 79.3 cm³/mol. The van der Waals surface area contributed by atoms with Crippen LogP contribution in [0.5, 0.6) is 0 Å². The first-order valence-electron chi connectivity index (χ1n) is 6.38. The van der Waals surface area contributed by atoms with Gasteiger partial charge in [0.1, 0.15) is 0 Å². The number of hydrogen-bond donors (Lipinski definition) is 2. The number of rotatable bonds is 5. The first-order valence-corrected chi connectivity index (χ1v) is 6.76. The van der Waals surface area contributed by atoms with Crippen molar-refractivity contribution >= 4 is 11.6 Å². The van der Waals surface area contributed by atoms with E-state index in [2.05, 4.69) is 12.2 Å². The molecule has 0 aliphatic carbocycles. The molecule has 0 bridgehead atoms. The van der Waals surface area contributed by atoms with Crippen molar-refractivity contribution in [3.05, 3.63) is 70.7 Å². The molecule has 1 unspecified atom stereocenters. The molecule has 0 fully saturated rings. The van der Waals surface area contributed by atoms with Gasteiger partial charge in [-0.15, -0.1) is 0 Å². The normalized spacial score (nSPS) is 14.1. The average molecular weight is 276 g/mol. The summed E-state index contributed by atoms with van der Waals surface area (Å²) < 4.78 is 0. The molecule has 2 rings (SSSR count). The van der Waals surface area contributed by atoms with Crippen molar-refractivity contribution in [3.8, 4) is 0 Å². The van der Waals surface area contributed by atoms with Crippen molar-refractivity contribution in [2.75, 3.05) is 6.61 Å². The van der Waals surface area contributed by atoms with Gasteiger partial charge in [0, 0.05) is 11.1 Å². The molecular weight excluding hydrogens is 258 g/mol. The highest BCUT2D eigenvalue weighted by molar-refractivity contribution is 6.30. The summed E-state index contributed by atoms with van der Waals surface area (Å²) in [5.41, 5.74) is 2.20. The van der Waals surface area contributed by atoms with Crippen LogP contribution in [-0.4, -0.2) is 11.7 Å². The first kappa shape index (κ1) is 14.1. The van der Waals surface area contributed by atoms with E-state index in [0.29, 0.717) is 0 Å². The first-order chi connectivity index (χ1) is 9.20. The van der Waals surface area contributed by atoms with Crippen molar-refractivity contribution < 1.29 is 5.11 Å². The average Bonchev–Trinajstić information content (AvgIpc) is 2.45. The Kier molecular flexibility index (Phi) is 4.97. The molecule has 3 heteroatoms. The molecule has 0 aromatic heterocycles. The highest BCUT2D eigenvalue weighted by Crippen LogP contribution is 2.21. The lowest BCUT2D eigenvalue weighted by molar-refractivity contribution is 0.235. The fourth-order valence-electron chi connectivity index (χ4n) is 2.11. The molecule has 0 aliphatic rings. The van der Waals surface area contributed by atoms with Crippen molar-refractivity contribution in [1.82, 2.24) is 5.32 Å². The largest absolute Gasteiger partial charge is 0.394 e. The molecule has 0 aliphatic heterocycles. The quantitative estimate of drug-likeness (QED) is 0.872. The highest BCUT2D eigenvalue weighted by atomic mass is 35.5. The van der Waals surface area contributed by atoms with Gasteiger partial charge in [-0.1, -0.05) is 54.1 Å². The Balaban J connectivity index is 2.10. The van der Waals surface area contributed by atoms with Crippen LogP contribution in [0.3, 0.4) is 0 Å². The minimum atomic E-state index is -0.0739. The Morgan fingerprint density at radius 2 is 1.74 bits per heavy atom. The Morgan fingerprint density at radius 1 is 1.05 bits per heavy atom. The van der Waals surface area contributed by atoms with E-state index in [-0.39, 0.29) is 18.7 Å². The van der Waals surface area contributed by atoms with Gasteiger partial charge in [0.15, 0.2) is 0 Å². The second kappa shape index (κ2) is 6.71. The van der Waals surface area contributed by atoms with E-state index < -0.39 is 0 Å². The lowest BCUT2D eigenvalue weighted by Crippen LogP contribution is -2.27. The predicted octanol–water partition coefficient (Wildman–Crippen LogP) is 3.72. The Bertz CT molecular complexity index is 515. The third-order valence-corrected chi connectivity index (χ3v) is 3.42. The van der Waals surface area contributed by atoms with Gasteiger partial charge in [-0.25, -0.2) is 0 Å². The monoisotopic (exact) mass is 275 g/mol. The lowest BCUT2D eigenvalue weighted by atomic mass is 10.0. The van der Waals surface area contributed by atoms with Crippen LogP contribution >= 0.6 is 11.6 Å². The second-order valence-corrected chi connectivity index (χ2v) is 5.03. The maximum Gasteiger partial charge on any atom is 0.0626 e. The van der Waals surface area contributed by atoms with Gasteiger partial charge >= 0.3 is 0 Å². The summed E-state index contributed by atoms with van der Waals surface area (Å²) in [4.78, 5) is 0. The van der Waals surface area contributed by atoms with Crippen LogP contribution in [0.15, 0.2) is 54.6 Å². The molecule has 100 valence electrons. The Morgan fingerprint density at radius 3 is 2.37 bits per heavy atom. The fourth-order valence-corrected chi connectivity index (χ4v) is 2.31. The van der Waals surface area contributed by atoms with Crippen LogP contribution in [0.4, 0.5) is 0 Å². The van der Waals surface area contributed by atoms with Crippen LogP contribution < -0.4 is 5.32 Å². The number of nitrogens with one attached hydrogen (secondary N) is 1. The minimum absolute atomic E-state index is 0.0644. The molecule has 2 nitrogen and oxygen atoms in total. The van der Waals surface area contributed by atoms with E-state index in [4.69, 9.17) is 11.6 Å². The van der Waals surface area contributed by atoms with Crippen LogP contribution in [0.25, 0.3) is 0 Å². The molecule has 2 atom stereocenters. The van der Waals surface area contributed by atoms with Gasteiger partial charge in [0.2, 0.25) is 0 Å². The van der Waals surface area contributed by atoms with Crippen molar-refractivity contribution in [2.24, 2.45) is 0 Å². The summed E-state index contributed by atoms with van der Waals surface area (Å²) in [6.07, 6.45) is 0. The smallest absolute Gasteiger partial charge is 0.0626 e. The van der Waals surface area contributed by atoms with Crippen molar-refractivity contribution in [3.63, 3.8) is 0 Å². The summed E-state index contributed by atoms with van der Waals surface area (Å²) in [6.45, 7) is 2.13. The van der Waals surface area contributed by atoms with E-state index in [0.717, 1.165) is 16.1 Å². The summed E-state index contributed by atoms with van der Waals surface area (Å²) in [5.74, 6) is 0. The summed E-state index contributed by atoms with van der Waals surface area (Å²) in [6, 6.07) is 17.8. The Labute approximate surface area is 119 Å². The third-order valence-electron chi connectivity index (χ3n) is 3.18. The molecule has 0 saturated heterocycles. The summed E-state index contributed by atoms with van der Waals surface area (Å²) in [5, 5.41) is 13.7. The molecule has 2 N–H and O–H groups in total. The molecule has 0 heterocycles. The molecule has 0 radical (unpaired) electrons. The zero-order valence-corrected chi connectivity index (χ0v) is 11.6. The van der Waals surface area contributed by atoms with E-state index in [1.165, 1.54) is 0 Å². The van der Waals surface area contributed by atoms with Gasteiger partial charge in [-0.2, -0.15) is 0 Å². The summed E-state index contributed by atoms with van der Waals surface area (Å²) >= 11 is 6.00. The molecule has 2 aromatic carbocycles. The van der Waals surface area contributed by atoms with Crippen molar-refractivity contribution in [1.29, 1.82) is 0 Å². The van der Waals surface area contributed by atoms with E-state index >= 15 is 0 Å². The molecule has 0 saturated carbocycles. The lowest BCUT2D eigenvalue weighted by Gasteiger charge is -2.22. The topological polar surface area (TPSA) is 32.3 Å². The van der Waals surface area contributed by atoms with Crippen molar-refractivity contribution in [2.45, 2.75) is 19.0 Å². The third kappa shape index (κ3) is 3.80. The molecule has 0 amide bonds. The number of halogens is 1. The zero-order chi connectivity index (χ0) is 13.7. The zero-order valence-electron chi connectivity index (χ0n) is 10.9. The number of hydrogen-bond acceptors (Lipinski definition) is 2. The van der Waals surface area contributed by atoms with Crippen LogP contribution in [-0.2, 0) is 0 Å². The van der Waals surface area contributed by atoms with Gasteiger partial charge in [0.25, 0.3) is 0 Å². The van der Waals surface area contributed by atoms with E-state index in [1.54, 1.807) is 0 Å². The fraction of sp³-hybridized carbons (Fsp3) is 0.250. The van der Waals surface area contributed by atoms with Gasteiger partial charge in [0.05, 0.1) is 12.6 Å². The Hall–Kier alpha value is -1.35. The minimum Gasteiger partial charge on any atom is -0.394 e. The van der Waals surface area contributed by atoms with Crippen LogP contribution in [0.2, 0.25) is 5.02 Å². The summed E-state index contributed by atoms with van der Waals surface area (Å²) in [7, 11) is 0. The SMILES string of the molecule is CC(N[C@@H](CO)c1ccccc1)c1cccc(Cl)c1. The van der Waals surface area contributed by atoms with E-state index in [1.807, 2.05) is 54.6 Å². The van der Waals surface area contributed by atoms with Gasteiger partial charge in [-0.3, -0.25) is 0 Å². The second-order valence-electron chi connectivity index (χ2n) is 4.59. The van der Waals surface area contributed by atoms with Crippen LogP contribution in [0.1, 0.15) is 30.1 Å². The molecule has 0 spiro atoms. The molecule has 2 aromatic rings. The number of benzene rings is 2. The molecular formula is C16H18ClNO. The number of aliphatic hydroxyl groups is 1. The van der Waals surface area contributed by atoms with Crippen LogP contribution in [0, 0.1) is 0 Å². The molecule has 19 heavy (non-hydrogen) atoms. The van der Waals surface area contributed by atoms with E-state index in [9.17, 15) is 5.11 Å². The van der Waals surface area contributed by atoms with Gasteiger partial charge in [-0.05, 0) is 30.2 Å². The highest BCUT2D eigenvalue weighted by Gasteiger charge is 2.14.